The van der Waals surface area contributed by atoms with Crippen LogP contribution < -0.4 is 0 Å². The summed E-state index contributed by atoms with van der Waals surface area (Å²) in [6.07, 6.45) is 3.06. The Hall–Kier alpha value is -3.32. The summed E-state index contributed by atoms with van der Waals surface area (Å²) in [6, 6.07) is 16.8. The van der Waals surface area contributed by atoms with E-state index in [-0.39, 0.29) is 5.82 Å². The Labute approximate surface area is 186 Å². The van der Waals surface area contributed by atoms with Crippen LogP contribution >= 0.6 is 0 Å². The van der Waals surface area contributed by atoms with Crippen LogP contribution in [-0.4, -0.2) is 33.3 Å². The zero-order valence-electron chi connectivity index (χ0n) is 18.0. The van der Waals surface area contributed by atoms with E-state index in [9.17, 15) is 4.39 Å². The molecule has 2 aromatic heterocycles. The van der Waals surface area contributed by atoms with Crippen molar-refractivity contribution in [3.8, 4) is 22.7 Å². The number of nitrogens with zero attached hydrogens (tertiary/aromatic N) is 4. The third-order valence-electron chi connectivity index (χ3n) is 6.07. The third kappa shape index (κ3) is 4.48. The van der Waals surface area contributed by atoms with Crippen molar-refractivity contribution < 1.29 is 13.3 Å². The third-order valence-corrected chi connectivity index (χ3v) is 6.07. The van der Waals surface area contributed by atoms with Crippen molar-refractivity contribution in [1.29, 1.82) is 0 Å². The van der Waals surface area contributed by atoms with Gasteiger partial charge in [0.1, 0.15) is 22.8 Å². The largest absolute Gasteiger partial charge is 0.419 e. The Balaban J connectivity index is 1.22. The van der Waals surface area contributed by atoms with Gasteiger partial charge in [-0.1, -0.05) is 47.6 Å². The molecular weight excluding hydrogens is 407 g/mol. The highest BCUT2D eigenvalue weighted by Gasteiger charge is 2.24. The molecule has 4 aromatic rings. The monoisotopic (exact) mass is 432 g/mol. The summed E-state index contributed by atoms with van der Waals surface area (Å²) in [7, 11) is 0. The van der Waals surface area contributed by atoms with Gasteiger partial charge in [-0.25, -0.2) is 4.39 Å². The highest BCUT2D eigenvalue weighted by molar-refractivity contribution is 5.77. The van der Waals surface area contributed by atoms with Gasteiger partial charge in [0.05, 0.1) is 6.54 Å². The van der Waals surface area contributed by atoms with Gasteiger partial charge in [0.25, 0.3) is 5.89 Å². The second kappa shape index (κ2) is 9.04. The maximum atomic E-state index is 13.4. The van der Waals surface area contributed by atoms with Crippen molar-refractivity contribution in [3.05, 3.63) is 77.6 Å². The first-order valence-corrected chi connectivity index (χ1v) is 11.0. The summed E-state index contributed by atoms with van der Waals surface area (Å²) >= 11 is 0. The fourth-order valence-electron chi connectivity index (χ4n) is 4.37. The van der Waals surface area contributed by atoms with E-state index in [1.54, 1.807) is 12.1 Å². The van der Waals surface area contributed by atoms with Crippen LogP contribution in [0.2, 0.25) is 0 Å². The molecule has 1 aliphatic heterocycles. The molecule has 0 spiro atoms. The van der Waals surface area contributed by atoms with Crippen LogP contribution in [0.1, 0.15) is 30.1 Å². The van der Waals surface area contributed by atoms with Crippen LogP contribution in [0, 0.1) is 18.7 Å². The van der Waals surface area contributed by atoms with Gasteiger partial charge in [-0.15, -0.1) is 10.2 Å². The fraction of sp³-hybridized carbons (Fsp3) is 0.320. The average molecular weight is 432 g/mol. The Morgan fingerprint density at radius 2 is 1.84 bits per heavy atom. The molecule has 0 unspecified atom stereocenters. The average Bonchev–Trinajstić information content (AvgIpc) is 3.42. The lowest BCUT2D eigenvalue weighted by molar-refractivity contribution is 0.164. The zero-order chi connectivity index (χ0) is 21.9. The zero-order valence-corrected chi connectivity index (χ0v) is 18.0. The number of halogens is 1. The molecule has 0 radical (unpaired) electrons. The summed E-state index contributed by atoms with van der Waals surface area (Å²) in [6.45, 7) is 4.38. The second-order valence-corrected chi connectivity index (χ2v) is 8.38. The standard InChI is InChI=1S/C25H25FN4O2/c1-17-23(24(29-32-17)20-7-3-2-4-8-20)25-28-27-22(31-25)16-30-12-10-18(11-13-30)14-19-6-5-9-21(26)15-19/h2-9,15,18H,10-14,16H2,1H3. The van der Waals surface area contributed by atoms with Crippen LogP contribution in [-0.2, 0) is 13.0 Å². The van der Waals surface area contributed by atoms with Gasteiger partial charge < -0.3 is 8.94 Å². The molecule has 0 bridgehead atoms. The summed E-state index contributed by atoms with van der Waals surface area (Å²) in [5.41, 5.74) is 3.46. The number of aromatic nitrogens is 3. The minimum absolute atomic E-state index is 0.161. The molecule has 1 fully saturated rings. The Morgan fingerprint density at radius 3 is 2.62 bits per heavy atom. The SMILES string of the molecule is Cc1onc(-c2ccccc2)c1-c1nnc(CN2CCC(Cc3cccc(F)c3)CC2)o1. The lowest BCUT2D eigenvalue weighted by atomic mass is 9.90. The minimum atomic E-state index is -0.161. The predicted octanol–water partition coefficient (Wildman–Crippen LogP) is 5.29. The molecule has 1 saturated heterocycles. The molecular formula is C25H25FN4O2. The van der Waals surface area contributed by atoms with Gasteiger partial charge in [0.15, 0.2) is 0 Å². The number of aryl methyl sites for hydroxylation is 1. The van der Waals surface area contributed by atoms with E-state index in [1.807, 2.05) is 43.3 Å². The number of piperidine rings is 1. The Morgan fingerprint density at radius 1 is 1.03 bits per heavy atom. The summed E-state index contributed by atoms with van der Waals surface area (Å²) in [4.78, 5) is 2.33. The molecule has 0 aliphatic carbocycles. The van der Waals surface area contributed by atoms with Crippen molar-refractivity contribution in [2.24, 2.45) is 5.92 Å². The van der Waals surface area contributed by atoms with Gasteiger partial charge in [-0.2, -0.15) is 0 Å². The van der Waals surface area contributed by atoms with Crippen LogP contribution in [0.3, 0.4) is 0 Å². The van der Waals surface area contributed by atoms with Gasteiger partial charge in [0.2, 0.25) is 5.89 Å². The summed E-state index contributed by atoms with van der Waals surface area (Å²) in [5, 5.41) is 12.7. The second-order valence-electron chi connectivity index (χ2n) is 8.38. The first-order valence-electron chi connectivity index (χ1n) is 11.0. The first-order chi connectivity index (χ1) is 15.7. The maximum absolute atomic E-state index is 13.4. The van der Waals surface area contributed by atoms with Gasteiger partial charge >= 0.3 is 0 Å². The van der Waals surface area contributed by atoms with E-state index in [0.717, 1.165) is 49.0 Å². The van der Waals surface area contributed by atoms with Crippen molar-refractivity contribution >= 4 is 0 Å². The number of benzene rings is 2. The maximum Gasteiger partial charge on any atom is 0.253 e. The number of likely N-dealkylation sites (tertiary alicyclic amines) is 1. The van der Waals surface area contributed by atoms with Crippen molar-refractivity contribution in [1.82, 2.24) is 20.3 Å². The van der Waals surface area contributed by atoms with E-state index in [1.165, 1.54) is 6.07 Å². The van der Waals surface area contributed by atoms with Gasteiger partial charge in [-0.05, 0) is 62.9 Å². The van der Waals surface area contributed by atoms with Crippen molar-refractivity contribution in [2.45, 2.75) is 32.7 Å². The summed E-state index contributed by atoms with van der Waals surface area (Å²) < 4.78 is 24.9. The number of rotatable bonds is 6. The molecule has 32 heavy (non-hydrogen) atoms. The molecule has 2 aromatic carbocycles. The molecule has 6 nitrogen and oxygen atoms in total. The van der Waals surface area contributed by atoms with Crippen LogP contribution in [0.4, 0.5) is 4.39 Å². The lowest BCUT2D eigenvalue weighted by Gasteiger charge is -2.31. The van der Waals surface area contributed by atoms with Crippen LogP contribution in [0.15, 0.2) is 63.5 Å². The van der Waals surface area contributed by atoms with Crippen molar-refractivity contribution in [2.75, 3.05) is 13.1 Å². The topological polar surface area (TPSA) is 68.2 Å². The molecule has 0 saturated carbocycles. The lowest BCUT2D eigenvalue weighted by Crippen LogP contribution is -2.34. The smallest absolute Gasteiger partial charge is 0.253 e. The number of hydrogen-bond acceptors (Lipinski definition) is 6. The van der Waals surface area contributed by atoms with Crippen molar-refractivity contribution in [3.63, 3.8) is 0 Å². The minimum Gasteiger partial charge on any atom is -0.419 e. The predicted molar refractivity (Wildman–Crippen MR) is 118 cm³/mol. The van der Waals surface area contributed by atoms with E-state index in [2.05, 4.69) is 20.3 Å². The summed E-state index contributed by atoms with van der Waals surface area (Å²) in [5.74, 6) is 2.07. The molecule has 1 aliphatic rings. The van der Waals surface area contributed by atoms with E-state index in [0.29, 0.717) is 35.7 Å². The fourth-order valence-corrected chi connectivity index (χ4v) is 4.37. The Bertz CT molecular complexity index is 1180. The first kappa shape index (κ1) is 20.6. The van der Waals surface area contributed by atoms with Gasteiger partial charge in [-0.3, -0.25) is 4.90 Å². The van der Waals surface area contributed by atoms with Crippen LogP contribution in [0.25, 0.3) is 22.7 Å². The normalized spacial score (nSPS) is 15.3. The van der Waals surface area contributed by atoms with E-state index < -0.39 is 0 Å². The molecule has 0 atom stereocenters. The van der Waals surface area contributed by atoms with E-state index >= 15 is 0 Å². The molecule has 164 valence electrons. The highest BCUT2D eigenvalue weighted by atomic mass is 19.1. The molecule has 0 N–H and O–H groups in total. The van der Waals surface area contributed by atoms with Crippen LogP contribution in [0.5, 0.6) is 0 Å². The van der Waals surface area contributed by atoms with Gasteiger partial charge in [0, 0.05) is 5.56 Å². The molecule has 3 heterocycles. The Kier molecular flexibility index (Phi) is 5.81. The molecule has 5 rings (SSSR count). The molecule has 0 amide bonds. The number of hydrogen-bond donors (Lipinski definition) is 0. The van der Waals surface area contributed by atoms with E-state index in [4.69, 9.17) is 8.94 Å². The molecule has 7 heteroatoms. The quantitative estimate of drug-likeness (QED) is 0.412. The highest BCUT2D eigenvalue weighted by Crippen LogP contribution is 2.33.